The molecule has 0 fully saturated rings. The van der Waals surface area contributed by atoms with Gasteiger partial charge in [0.05, 0.1) is 6.61 Å². The Hall–Kier alpha value is -1.16. The van der Waals surface area contributed by atoms with Gasteiger partial charge in [0.15, 0.2) is 11.6 Å². The lowest BCUT2D eigenvalue weighted by atomic mass is 10.3. The van der Waals surface area contributed by atoms with Crippen LogP contribution >= 0.6 is 0 Å². The molecule has 15 heavy (non-hydrogen) atoms. The molecule has 0 bridgehead atoms. The van der Waals surface area contributed by atoms with Crippen LogP contribution in [0.5, 0.6) is 5.75 Å². The van der Waals surface area contributed by atoms with E-state index in [0.717, 1.165) is 37.7 Å². The fourth-order valence-electron chi connectivity index (χ4n) is 1.14. The van der Waals surface area contributed by atoms with Gasteiger partial charge in [-0.15, -0.1) is 0 Å². The number of nitrogens with one attached hydrogen (secondary N) is 1. The molecule has 0 aromatic heterocycles. The van der Waals surface area contributed by atoms with Crippen LogP contribution in [0.3, 0.4) is 0 Å². The van der Waals surface area contributed by atoms with Crippen LogP contribution in [0.15, 0.2) is 18.2 Å². The maximum Gasteiger partial charge on any atom is 0.165 e. The van der Waals surface area contributed by atoms with Gasteiger partial charge in [0.25, 0.3) is 0 Å². The Labute approximate surface area is 88.3 Å². The average molecular weight is 215 g/mol. The Morgan fingerprint density at radius 3 is 2.87 bits per heavy atom. The van der Waals surface area contributed by atoms with Crippen LogP contribution in [0, 0.1) is 11.6 Å². The van der Waals surface area contributed by atoms with Gasteiger partial charge < -0.3 is 10.1 Å². The van der Waals surface area contributed by atoms with Crippen molar-refractivity contribution in [2.24, 2.45) is 0 Å². The molecule has 0 amide bonds. The predicted molar refractivity (Wildman–Crippen MR) is 55.0 cm³/mol. The predicted octanol–water partition coefficient (Wildman–Crippen LogP) is 2.34. The molecule has 0 saturated heterocycles. The molecule has 0 unspecified atom stereocenters. The van der Waals surface area contributed by atoms with Crippen molar-refractivity contribution >= 4 is 0 Å². The van der Waals surface area contributed by atoms with Crippen molar-refractivity contribution in [1.29, 1.82) is 0 Å². The molecule has 2 nitrogen and oxygen atoms in total. The van der Waals surface area contributed by atoms with Crippen LogP contribution in [0.2, 0.25) is 0 Å². The van der Waals surface area contributed by atoms with Crippen molar-refractivity contribution in [3.63, 3.8) is 0 Å². The van der Waals surface area contributed by atoms with E-state index in [1.54, 1.807) is 0 Å². The van der Waals surface area contributed by atoms with Crippen molar-refractivity contribution in [2.45, 2.75) is 13.3 Å². The van der Waals surface area contributed by atoms with Gasteiger partial charge in [-0.25, -0.2) is 8.78 Å². The van der Waals surface area contributed by atoms with Gasteiger partial charge in [-0.05, 0) is 31.6 Å². The SMILES string of the molecule is CCNCCCOc1cc(F)ccc1F. The summed E-state index contributed by atoms with van der Waals surface area (Å²) in [4.78, 5) is 0. The quantitative estimate of drug-likeness (QED) is 0.735. The summed E-state index contributed by atoms with van der Waals surface area (Å²) in [6, 6.07) is 3.19. The molecule has 1 aromatic rings. The summed E-state index contributed by atoms with van der Waals surface area (Å²) in [5.74, 6) is -1.04. The van der Waals surface area contributed by atoms with E-state index in [1.807, 2.05) is 6.92 Å². The van der Waals surface area contributed by atoms with Crippen LogP contribution in [0.1, 0.15) is 13.3 Å². The van der Waals surface area contributed by atoms with E-state index in [1.165, 1.54) is 0 Å². The second-order valence-corrected chi connectivity index (χ2v) is 3.13. The van der Waals surface area contributed by atoms with Crippen molar-refractivity contribution in [3.05, 3.63) is 29.8 Å². The summed E-state index contributed by atoms with van der Waals surface area (Å²) < 4.78 is 30.9. The molecule has 1 N–H and O–H groups in total. The van der Waals surface area contributed by atoms with Gasteiger partial charge in [0.2, 0.25) is 0 Å². The van der Waals surface area contributed by atoms with Crippen LogP contribution < -0.4 is 10.1 Å². The number of benzene rings is 1. The first-order valence-corrected chi connectivity index (χ1v) is 5.02. The summed E-state index contributed by atoms with van der Waals surface area (Å²) in [6.07, 6.45) is 0.768. The summed E-state index contributed by atoms with van der Waals surface area (Å²) in [7, 11) is 0. The topological polar surface area (TPSA) is 21.3 Å². The molecule has 0 radical (unpaired) electrons. The highest BCUT2D eigenvalue weighted by Crippen LogP contribution is 2.17. The van der Waals surface area contributed by atoms with E-state index in [2.05, 4.69) is 5.32 Å². The fourth-order valence-corrected chi connectivity index (χ4v) is 1.14. The van der Waals surface area contributed by atoms with E-state index in [-0.39, 0.29) is 5.75 Å². The van der Waals surface area contributed by atoms with Crippen LogP contribution in [0.25, 0.3) is 0 Å². The molecule has 4 heteroatoms. The zero-order valence-corrected chi connectivity index (χ0v) is 8.72. The third-order valence-electron chi connectivity index (χ3n) is 1.90. The molecule has 0 aliphatic rings. The molecule has 0 spiro atoms. The molecule has 84 valence electrons. The van der Waals surface area contributed by atoms with E-state index in [4.69, 9.17) is 4.74 Å². The van der Waals surface area contributed by atoms with E-state index >= 15 is 0 Å². The summed E-state index contributed by atoms with van der Waals surface area (Å²) >= 11 is 0. The molecule has 0 saturated carbocycles. The van der Waals surface area contributed by atoms with Gasteiger partial charge in [-0.2, -0.15) is 0 Å². The Kier molecular flexibility index (Phi) is 5.04. The molecular formula is C11H15F2NO. The molecule has 0 aliphatic carbocycles. The largest absolute Gasteiger partial charge is 0.490 e. The van der Waals surface area contributed by atoms with Crippen molar-refractivity contribution < 1.29 is 13.5 Å². The van der Waals surface area contributed by atoms with Gasteiger partial charge in [-0.3, -0.25) is 0 Å². The maximum absolute atomic E-state index is 13.0. The van der Waals surface area contributed by atoms with Crippen molar-refractivity contribution in [2.75, 3.05) is 19.7 Å². The highest BCUT2D eigenvalue weighted by atomic mass is 19.1. The Morgan fingerprint density at radius 2 is 2.13 bits per heavy atom. The average Bonchev–Trinajstić information content (AvgIpc) is 2.23. The second kappa shape index (κ2) is 6.35. The van der Waals surface area contributed by atoms with Gasteiger partial charge in [0.1, 0.15) is 5.82 Å². The molecule has 1 aromatic carbocycles. The van der Waals surface area contributed by atoms with Crippen LogP contribution in [0.4, 0.5) is 8.78 Å². The minimum atomic E-state index is -0.528. The maximum atomic E-state index is 13.0. The first-order chi connectivity index (χ1) is 7.24. The van der Waals surface area contributed by atoms with E-state index in [0.29, 0.717) is 6.61 Å². The Balaban J connectivity index is 2.33. The number of rotatable bonds is 6. The lowest BCUT2D eigenvalue weighted by Crippen LogP contribution is -2.16. The molecule has 0 atom stereocenters. The third-order valence-corrected chi connectivity index (χ3v) is 1.90. The normalized spacial score (nSPS) is 10.3. The van der Waals surface area contributed by atoms with Gasteiger partial charge in [0, 0.05) is 6.07 Å². The summed E-state index contributed by atoms with van der Waals surface area (Å²) in [6.45, 7) is 4.10. The third kappa shape index (κ3) is 4.25. The van der Waals surface area contributed by atoms with Crippen LogP contribution in [-0.2, 0) is 0 Å². The highest BCUT2D eigenvalue weighted by molar-refractivity contribution is 5.24. The fraction of sp³-hybridized carbons (Fsp3) is 0.455. The molecular weight excluding hydrogens is 200 g/mol. The first-order valence-electron chi connectivity index (χ1n) is 5.02. The van der Waals surface area contributed by atoms with Crippen LogP contribution in [-0.4, -0.2) is 19.7 Å². The van der Waals surface area contributed by atoms with Crippen molar-refractivity contribution in [1.82, 2.24) is 5.32 Å². The first kappa shape index (κ1) is 11.9. The standard InChI is InChI=1S/C11H15F2NO/c1-2-14-6-3-7-15-11-8-9(12)4-5-10(11)13/h4-5,8,14H,2-3,6-7H2,1H3. The van der Waals surface area contributed by atoms with Gasteiger partial charge in [-0.1, -0.05) is 6.92 Å². The molecule has 1 rings (SSSR count). The lowest BCUT2D eigenvalue weighted by molar-refractivity contribution is 0.292. The van der Waals surface area contributed by atoms with Gasteiger partial charge >= 0.3 is 0 Å². The zero-order valence-electron chi connectivity index (χ0n) is 8.72. The number of ether oxygens (including phenoxy) is 1. The number of hydrogen-bond acceptors (Lipinski definition) is 2. The smallest absolute Gasteiger partial charge is 0.165 e. The second-order valence-electron chi connectivity index (χ2n) is 3.13. The van der Waals surface area contributed by atoms with Crippen molar-refractivity contribution in [3.8, 4) is 5.75 Å². The summed E-state index contributed by atoms with van der Waals surface area (Å²) in [5.41, 5.74) is 0. The minimum Gasteiger partial charge on any atom is -0.490 e. The molecule has 0 heterocycles. The Morgan fingerprint density at radius 1 is 1.33 bits per heavy atom. The highest BCUT2D eigenvalue weighted by Gasteiger charge is 2.03. The number of hydrogen-bond donors (Lipinski definition) is 1. The zero-order chi connectivity index (χ0) is 11.1. The monoisotopic (exact) mass is 215 g/mol. The molecule has 0 aliphatic heterocycles. The lowest BCUT2D eigenvalue weighted by Gasteiger charge is -2.07. The van der Waals surface area contributed by atoms with E-state index in [9.17, 15) is 8.78 Å². The van der Waals surface area contributed by atoms with E-state index < -0.39 is 11.6 Å². The number of halogens is 2. The summed E-state index contributed by atoms with van der Waals surface area (Å²) in [5, 5.41) is 3.11. The minimum absolute atomic E-state index is 0.0218. The Bertz CT molecular complexity index is 305.